The Hall–Kier alpha value is -1.94. The monoisotopic (exact) mass is 1490 g/mol. The van der Waals surface area contributed by atoms with E-state index in [1.54, 1.807) is 0 Å². The second-order valence-corrected chi connectivity index (χ2v) is 33.5. The molecule has 102 heavy (non-hydrogen) atoms. The van der Waals surface area contributed by atoms with Gasteiger partial charge in [-0.05, 0) is 37.5 Å². The molecule has 606 valence electrons. The number of hydrogen-bond acceptors (Lipinski definition) is 15. The molecule has 0 amide bonds. The Morgan fingerprint density at radius 2 is 0.500 bits per heavy atom. The predicted octanol–water partition coefficient (Wildman–Crippen LogP) is 25.1. The number of carbonyl (C=O) groups is 4. The third-order valence-electron chi connectivity index (χ3n) is 19.8. The van der Waals surface area contributed by atoms with Crippen LogP contribution in [0.3, 0.4) is 0 Å². The third kappa shape index (κ3) is 74.9. The number of esters is 4. The minimum atomic E-state index is -4.96. The van der Waals surface area contributed by atoms with E-state index in [4.69, 9.17) is 37.0 Å². The normalized spacial score (nSPS) is 14.1. The lowest BCUT2D eigenvalue weighted by Gasteiger charge is -2.21. The second-order valence-electron chi connectivity index (χ2n) is 30.6. The van der Waals surface area contributed by atoms with E-state index in [0.29, 0.717) is 25.7 Å². The van der Waals surface area contributed by atoms with Gasteiger partial charge in [-0.3, -0.25) is 37.3 Å². The summed E-state index contributed by atoms with van der Waals surface area (Å²) in [7, 11) is -9.92. The van der Waals surface area contributed by atoms with Crippen LogP contribution in [-0.2, 0) is 65.4 Å². The quantitative estimate of drug-likeness (QED) is 0.0222. The van der Waals surface area contributed by atoms with E-state index < -0.39 is 97.5 Å². The van der Waals surface area contributed by atoms with Gasteiger partial charge in [0.2, 0.25) is 0 Å². The van der Waals surface area contributed by atoms with Crippen molar-refractivity contribution in [2.24, 2.45) is 11.8 Å². The molecule has 3 N–H and O–H groups in total. The molecule has 0 rings (SSSR count). The molecule has 0 aliphatic heterocycles. The van der Waals surface area contributed by atoms with Crippen LogP contribution in [0.5, 0.6) is 0 Å². The zero-order chi connectivity index (χ0) is 74.9. The van der Waals surface area contributed by atoms with E-state index in [-0.39, 0.29) is 25.7 Å². The number of phosphoric ester groups is 2. The van der Waals surface area contributed by atoms with E-state index in [1.807, 2.05) is 0 Å². The summed E-state index contributed by atoms with van der Waals surface area (Å²) in [6, 6.07) is 0. The summed E-state index contributed by atoms with van der Waals surface area (Å²) >= 11 is 0. The van der Waals surface area contributed by atoms with Gasteiger partial charge in [-0.25, -0.2) is 9.13 Å². The average Bonchev–Trinajstić information content (AvgIpc) is 0.914. The van der Waals surface area contributed by atoms with Gasteiger partial charge in [0.25, 0.3) is 0 Å². The first-order chi connectivity index (χ1) is 49.4. The van der Waals surface area contributed by atoms with Crippen LogP contribution in [0.25, 0.3) is 0 Å². The van der Waals surface area contributed by atoms with Gasteiger partial charge in [0.1, 0.15) is 19.3 Å². The van der Waals surface area contributed by atoms with Crippen molar-refractivity contribution in [3.05, 3.63) is 0 Å². The van der Waals surface area contributed by atoms with Gasteiger partial charge in [-0.2, -0.15) is 0 Å². The highest BCUT2D eigenvalue weighted by Gasteiger charge is 2.30. The lowest BCUT2D eigenvalue weighted by molar-refractivity contribution is -0.161. The van der Waals surface area contributed by atoms with Crippen molar-refractivity contribution in [1.82, 2.24) is 0 Å². The summed E-state index contributed by atoms with van der Waals surface area (Å²) in [6.07, 6.45) is 65.3. The molecular weight excluding hydrogens is 1330 g/mol. The Morgan fingerprint density at radius 1 is 0.284 bits per heavy atom. The maximum Gasteiger partial charge on any atom is 0.472 e. The van der Waals surface area contributed by atoms with Crippen molar-refractivity contribution in [2.75, 3.05) is 39.6 Å². The smallest absolute Gasteiger partial charge is 0.462 e. The van der Waals surface area contributed by atoms with Crippen molar-refractivity contribution in [1.29, 1.82) is 0 Å². The molecule has 0 aromatic heterocycles. The van der Waals surface area contributed by atoms with Crippen LogP contribution in [0.4, 0.5) is 0 Å². The number of hydrogen-bond donors (Lipinski definition) is 3. The van der Waals surface area contributed by atoms with Gasteiger partial charge < -0.3 is 33.8 Å². The van der Waals surface area contributed by atoms with Gasteiger partial charge >= 0.3 is 39.5 Å². The number of carbonyl (C=O) groups excluding carboxylic acids is 4. The summed E-state index contributed by atoms with van der Waals surface area (Å²) in [6.45, 7) is 9.68. The van der Waals surface area contributed by atoms with Crippen LogP contribution >= 0.6 is 15.6 Å². The molecule has 0 saturated carbocycles. The van der Waals surface area contributed by atoms with Crippen LogP contribution < -0.4 is 0 Å². The molecule has 0 aromatic rings. The van der Waals surface area contributed by atoms with Gasteiger partial charge in [0.15, 0.2) is 12.2 Å². The minimum Gasteiger partial charge on any atom is -0.462 e. The molecule has 6 atom stereocenters. The van der Waals surface area contributed by atoms with E-state index in [0.717, 1.165) is 108 Å². The predicted molar refractivity (Wildman–Crippen MR) is 418 cm³/mol. The molecular formula is C83H162O17P2. The molecule has 0 aliphatic rings. The SMILES string of the molecule is CCCCCCCCCCCCCCCCCCCCCC(=O)OC[C@H](COP(=O)(O)OC[C@@H](O)COP(=O)(O)OC[C@@H](COC(=O)CCCCCCCCCC)OC(=O)CCCCCCCCCCCCC(C)CC)OC(=O)CCCCCCCCCCCCCCCCCCCCC(C)C. The number of phosphoric acid groups is 2. The van der Waals surface area contributed by atoms with E-state index >= 15 is 0 Å². The lowest BCUT2D eigenvalue weighted by atomic mass is 9.99. The zero-order valence-electron chi connectivity index (χ0n) is 66.9. The van der Waals surface area contributed by atoms with Gasteiger partial charge in [0.05, 0.1) is 26.4 Å². The molecule has 0 fully saturated rings. The zero-order valence-corrected chi connectivity index (χ0v) is 68.7. The molecule has 3 unspecified atom stereocenters. The largest absolute Gasteiger partial charge is 0.472 e. The molecule has 0 bridgehead atoms. The van der Waals surface area contributed by atoms with Crippen LogP contribution in [-0.4, -0.2) is 96.7 Å². The highest BCUT2D eigenvalue weighted by Crippen LogP contribution is 2.45. The highest BCUT2D eigenvalue weighted by atomic mass is 31.2. The number of ether oxygens (including phenoxy) is 4. The van der Waals surface area contributed by atoms with Crippen molar-refractivity contribution in [3.8, 4) is 0 Å². The topological polar surface area (TPSA) is 237 Å². The first-order valence-corrected chi connectivity index (χ1v) is 46.0. The molecule has 19 heteroatoms. The first kappa shape index (κ1) is 100. The van der Waals surface area contributed by atoms with Gasteiger partial charge in [-0.1, -0.05) is 388 Å². The molecule has 0 spiro atoms. The summed E-state index contributed by atoms with van der Waals surface area (Å²) in [5, 5.41) is 10.6. The number of aliphatic hydroxyl groups is 1. The Balaban J connectivity index is 5.19. The Bertz CT molecular complexity index is 1960. The summed E-state index contributed by atoms with van der Waals surface area (Å²) in [5.41, 5.74) is 0. The molecule has 0 aliphatic carbocycles. The van der Waals surface area contributed by atoms with Crippen LogP contribution in [0.15, 0.2) is 0 Å². The van der Waals surface area contributed by atoms with Crippen LogP contribution in [0.1, 0.15) is 440 Å². The fraction of sp³-hybridized carbons (Fsp3) is 0.952. The van der Waals surface area contributed by atoms with E-state index in [1.165, 1.54) is 250 Å². The van der Waals surface area contributed by atoms with Gasteiger partial charge in [-0.15, -0.1) is 0 Å². The molecule has 0 aromatic carbocycles. The molecule has 17 nitrogen and oxygen atoms in total. The van der Waals surface area contributed by atoms with Gasteiger partial charge in [0, 0.05) is 25.7 Å². The summed E-state index contributed by atoms with van der Waals surface area (Å²) < 4.78 is 68.7. The average molecular weight is 1490 g/mol. The van der Waals surface area contributed by atoms with Crippen molar-refractivity contribution < 1.29 is 80.2 Å². The Labute approximate surface area is 626 Å². The Kier molecular flexibility index (Phi) is 73.1. The molecule has 0 radical (unpaired) electrons. The maximum atomic E-state index is 13.1. The Morgan fingerprint density at radius 3 is 0.745 bits per heavy atom. The van der Waals surface area contributed by atoms with E-state index in [9.17, 15) is 43.2 Å². The molecule has 0 heterocycles. The lowest BCUT2D eigenvalue weighted by Crippen LogP contribution is -2.30. The van der Waals surface area contributed by atoms with Crippen molar-refractivity contribution >= 4 is 39.5 Å². The summed E-state index contributed by atoms with van der Waals surface area (Å²) in [4.78, 5) is 73.0. The minimum absolute atomic E-state index is 0.106. The number of rotatable bonds is 82. The van der Waals surface area contributed by atoms with Crippen LogP contribution in [0.2, 0.25) is 0 Å². The molecule has 0 saturated heterocycles. The second kappa shape index (κ2) is 74.5. The fourth-order valence-electron chi connectivity index (χ4n) is 12.9. The fourth-order valence-corrected chi connectivity index (χ4v) is 14.4. The highest BCUT2D eigenvalue weighted by molar-refractivity contribution is 7.47. The third-order valence-corrected chi connectivity index (χ3v) is 21.7. The van der Waals surface area contributed by atoms with Crippen molar-refractivity contribution in [3.63, 3.8) is 0 Å². The van der Waals surface area contributed by atoms with E-state index in [2.05, 4.69) is 41.5 Å². The van der Waals surface area contributed by atoms with Crippen LogP contribution in [0, 0.1) is 11.8 Å². The maximum absolute atomic E-state index is 13.1. The number of aliphatic hydroxyl groups excluding tert-OH is 1. The summed E-state index contributed by atoms with van der Waals surface area (Å²) in [5.74, 6) is -0.486. The first-order valence-electron chi connectivity index (χ1n) is 43.0. The standard InChI is InChI=1S/C83H162O17P2/c1-7-10-12-14-16-18-19-20-21-22-23-27-30-33-36-42-48-54-60-66-81(86)94-72-79(100-82(87)67-61-55-49-43-37-34-31-28-25-24-26-29-32-35-40-45-51-57-63-75(4)5)74-98-102(91,92)96-70-77(84)69-95-101(89,90)97-73-78(71-93-80(85)65-59-53-47-17-15-13-11-8-2)99-83(88)68-62-56-50-44-39-38-41-46-52-58-64-76(6)9-3/h75-79,84H,7-74H2,1-6H3,(H,89,90)(H,91,92)/t76?,77-,78+,79+/m0/s1. The van der Waals surface area contributed by atoms with Crippen molar-refractivity contribution in [2.45, 2.75) is 458 Å². The number of unbranched alkanes of at least 4 members (excludes halogenated alkanes) is 51.